The molecule has 0 amide bonds. The van der Waals surface area contributed by atoms with Gasteiger partial charge in [0.05, 0.1) is 18.4 Å². The number of halogens is 3. The fourth-order valence-electron chi connectivity index (χ4n) is 1.95. The average Bonchev–Trinajstić information content (AvgIpc) is 3.24. The molecule has 3 heterocycles. The lowest BCUT2D eigenvalue weighted by Crippen LogP contribution is -2.08. The van der Waals surface area contributed by atoms with Gasteiger partial charge in [-0.2, -0.15) is 22.6 Å². The third-order valence-electron chi connectivity index (χ3n) is 3.31. The van der Waals surface area contributed by atoms with Crippen LogP contribution in [0.25, 0.3) is 0 Å². The maximum atomic E-state index is 13.0. The van der Waals surface area contributed by atoms with Gasteiger partial charge in [0, 0.05) is 30.8 Å². The summed E-state index contributed by atoms with van der Waals surface area (Å²) in [5, 5.41) is 25.2. The largest absolute Gasteiger partial charge is 0.435 e. The number of anilines is 2. The summed E-state index contributed by atoms with van der Waals surface area (Å²) in [6.07, 6.45) is -3.78. The Kier molecular flexibility index (Phi) is 5.25. The molecule has 1 atom stereocenters. The molecule has 0 aliphatic rings. The third kappa shape index (κ3) is 4.32. The summed E-state index contributed by atoms with van der Waals surface area (Å²) in [5.41, 5.74) is -0.987. The van der Waals surface area contributed by atoms with Gasteiger partial charge in [-0.1, -0.05) is 0 Å². The van der Waals surface area contributed by atoms with Crippen molar-refractivity contribution in [1.82, 2.24) is 24.1 Å². The van der Waals surface area contributed by atoms with E-state index in [4.69, 9.17) is 9.84 Å². The first-order valence-electron chi connectivity index (χ1n) is 7.40. The molecule has 3 N–H and O–H groups in total. The Hall–Kier alpha value is -2.77. The lowest BCUT2D eigenvalue weighted by Gasteiger charge is -2.13. The maximum absolute atomic E-state index is 13.0. The van der Waals surface area contributed by atoms with Crippen LogP contribution in [0.3, 0.4) is 0 Å². The molecule has 9 nitrogen and oxygen atoms in total. The van der Waals surface area contributed by atoms with Crippen LogP contribution in [-0.2, 0) is 13.2 Å². The molecule has 3 aromatic rings. The summed E-state index contributed by atoms with van der Waals surface area (Å²) in [5.74, 6) is -0.0582. The number of aliphatic hydroxyl groups is 2. The van der Waals surface area contributed by atoms with Crippen LogP contribution in [-0.4, -0.2) is 40.9 Å². The predicted molar refractivity (Wildman–Crippen MR) is 87.8 cm³/mol. The van der Waals surface area contributed by atoms with E-state index in [9.17, 15) is 18.3 Å². The van der Waals surface area contributed by atoms with Gasteiger partial charge in [-0.05, 0) is 6.07 Å². The highest BCUT2D eigenvalue weighted by atomic mass is 32.1. The summed E-state index contributed by atoms with van der Waals surface area (Å²) in [7, 11) is 1.57. The molecule has 0 saturated carbocycles. The molecular weight excluding hydrogens is 389 g/mol. The van der Waals surface area contributed by atoms with Crippen LogP contribution in [0.1, 0.15) is 17.5 Å². The van der Waals surface area contributed by atoms with Crippen molar-refractivity contribution in [2.24, 2.45) is 7.05 Å². The number of hydrogen-bond acceptors (Lipinski definition) is 9. The Morgan fingerprint density at radius 1 is 1.41 bits per heavy atom. The van der Waals surface area contributed by atoms with E-state index in [1.807, 2.05) is 0 Å². The van der Waals surface area contributed by atoms with Crippen LogP contribution in [0, 0.1) is 0 Å². The van der Waals surface area contributed by atoms with Gasteiger partial charge in [-0.3, -0.25) is 0 Å². The molecule has 0 aliphatic heterocycles. The van der Waals surface area contributed by atoms with Crippen molar-refractivity contribution in [2.75, 3.05) is 11.9 Å². The van der Waals surface area contributed by atoms with Crippen molar-refractivity contribution >= 4 is 22.5 Å². The smallest absolute Gasteiger partial charge is 0.418 e. The SMILES string of the molecule is Cn1nccc1Oc1cc(C(F)(F)F)cnc1Nc1nc(C(O)CO)ns1. The van der Waals surface area contributed by atoms with E-state index in [-0.39, 0.29) is 28.4 Å². The molecule has 144 valence electrons. The summed E-state index contributed by atoms with van der Waals surface area (Å²) >= 11 is 0.839. The van der Waals surface area contributed by atoms with Crippen LogP contribution in [0.15, 0.2) is 24.5 Å². The maximum Gasteiger partial charge on any atom is 0.418 e. The number of ether oxygens (including phenoxy) is 1. The number of aryl methyl sites for hydroxylation is 1. The molecule has 0 radical (unpaired) electrons. The third-order valence-corrected chi connectivity index (χ3v) is 3.95. The average molecular weight is 402 g/mol. The van der Waals surface area contributed by atoms with Gasteiger partial charge in [0.2, 0.25) is 11.0 Å². The van der Waals surface area contributed by atoms with Crippen molar-refractivity contribution in [2.45, 2.75) is 12.3 Å². The lowest BCUT2D eigenvalue weighted by atomic mass is 10.2. The van der Waals surface area contributed by atoms with Gasteiger partial charge < -0.3 is 20.3 Å². The molecule has 13 heteroatoms. The first kappa shape index (κ1) is 19.0. The molecule has 0 aromatic carbocycles. The standard InChI is InChI=1S/C14H13F3N6O3S/c1-23-10(2-3-19-23)26-9-4-7(14(15,16)17)5-18-12(9)21-13-20-11(22-27-13)8(25)6-24/h2-5,8,24-25H,6H2,1H3,(H,18,20,21,22). The molecule has 0 saturated heterocycles. The van der Waals surface area contributed by atoms with Crippen molar-refractivity contribution < 1.29 is 28.1 Å². The fourth-order valence-corrected chi connectivity index (χ4v) is 2.57. The molecule has 0 aliphatic carbocycles. The van der Waals surface area contributed by atoms with E-state index < -0.39 is 24.5 Å². The zero-order chi connectivity index (χ0) is 19.6. The van der Waals surface area contributed by atoms with Gasteiger partial charge in [0.1, 0.15) is 6.10 Å². The van der Waals surface area contributed by atoms with Crippen LogP contribution in [0.5, 0.6) is 11.6 Å². The minimum absolute atomic E-state index is 0.0222. The van der Waals surface area contributed by atoms with Gasteiger partial charge in [0.25, 0.3) is 0 Å². The van der Waals surface area contributed by atoms with Crippen molar-refractivity contribution in [3.63, 3.8) is 0 Å². The molecule has 3 rings (SSSR count). The Bertz CT molecular complexity index is 929. The van der Waals surface area contributed by atoms with Crippen molar-refractivity contribution in [3.8, 4) is 11.6 Å². The number of nitrogens with one attached hydrogen (secondary N) is 1. The summed E-state index contributed by atoms with van der Waals surface area (Å²) in [6, 6.07) is 2.28. The number of aromatic nitrogens is 5. The van der Waals surface area contributed by atoms with Crippen molar-refractivity contribution in [1.29, 1.82) is 0 Å². The van der Waals surface area contributed by atoms with E-state index in [1.165, 1.54) is 16.9 Å². The topological polar surface area (TPSA) is 118 Å². The van der Waals surface area contributed by atoms with Gasteiger partial charge in [-0.15, -0.1) is 0 Å². The van der Waals surface area contributed by atoms with Crippen LogP contribution < -0.4 is 10.1 Å². The molecule has 0 bridgehead atoms. The monoisotopic (exact) mass is 402 g/mol. The zero-order valence-electron chi connectivity index (χ0n) is 13.7. The molecule has 0 spiro atoms. The Labute approximate surface area is 154 Å². The highest BCUT2D eigenvalue weighted by molar-refractivity contribution is 7.09. The Balaban J connectivity index is 1.93. The highest BCUT2D eigenvalue weighted by Gasteiger charge is 2.32. The zero-order valence-corrected chi connectivity index (χ0v) is 14.5. The molecule has 0 fully saturated rings. The number of hydrogen-bond donors (Lipinski definition) is 3. The first-order chi connectivity index (χ1) is 12.8. The molecule has 27 heavy (non-hydrogen) atoms. The Morgan fingerprint density at radius 2 is 2.19 bits per heavy atom. The number of nitrogens with zero attached hydrogens (tertiary/aromatic N) is 5. The van der Waals surface area contributed by atoms with Crippen LogP contribution >= 0.6 is 11.5 Å². The quantitative estimate of drug-likeness (QED) is 0.575. The fraction of sp³-hybridized carbons (Fsp3) is 0.286. The van der Waals surface area contributed by atoms with E-state index in [0.717, 1.165) is 17.6 Å². The number of pyridine rings is 1. The Morgan fingerprint density at radius 3 is 2.81 bits per heavy atom. The number of aliphatic hydroxyl groups excluding tert-OH is 2. The first-order valence-corrected chi connectivity index (χ1v) is 8.18. The molecule has 1 unspecified atom stereocenters. The number of alkyl halides is 3. The number of rotatable bonds is 6. The van der Waals surface area contributed by atoms with Crippen LogP contribution in [0.4, 0.5) is 24.1 Å². The normalized spacial score (nSPS) is 12.8. The van der Waals surface area contributed by atoms with E-state index in [1.54, 1.807) is 7.05 Å². The summed E-state index contributed by atoms with van der Waals surface area (Å²) in [6.45, 7) is -0.566. The summed E-state index contributed by atoms with van der Waals surface area (Å²) in [4.78, 5) is 7.72. The second kappa shape index (κ2) is 7.46. The van der Waals surface area contributed by atoms with Gasteiger partial charge in [-0.25, -0.2) is 14.6 Å². The second-order valence-corrected chi connectivity index (χ2v) is 6.00. The summed E-state index contributed by atoms with van der Waals surface area (Å²) < 4.78 is 49.7. The van der Waals surface area contributed by atoms with E-state index in [0.29, 0.717) is 6.20 Å². The minimum atomic E-state index is -4.60. The lowest BCUT2D eigenvalue weighted by molar-refractivity contribution is -0.137. The van der Waals surface area contributed by atoms with Gasteiger partial charge >= 0.3 is 6.18 Å². The molecule has 3 aromatic heterocycles. The second-order valence-electron chi connectivity index (χ2n) is 5.24. The predicted octanol–water partition coefficient (Wildman–Crippen LogP) is 2.25. The highest BCUT2D eigenvalue weighted by Crippen LogP contribution is 2.36. The van der Waals surface area contributed by atoms with Crippen molar-refractivity contribution in [3.05, 3.63) is 35.9 Å². The molecular formula is C14H13F3N6O3S. The van der Waals surface area contributed by atoms with Crippen LogP contribution in [0.2, 0.25) is 0 Å². The van der Waals surface area contributed by atoms with E-state index >= 15 is 0 Å². The van der Waals surface area contributed by atoms with E-state index in [2.05, 4.69) is 24.8 Å². The van der Waals surface area contributed by atoms with Gasteiger partial charge in [0.15, 0.2) is 17.4 Å². The minimum Gasteiger partial charge on any atom is -0.435 e.